The van der Waals surface area contributed by atoms with Gasteiger partial charge in [0.2, 0.25) is 5.91 Å². The quantitative estimate of drug-likeness (QED) is 0.801. The van der Waals surface area contributed by atoms with Crippen molar-refractivity contribution in [3.8, 4) is 5.75 Å². The number of benzene rings is 2. The Morgan fingerprint density at radius 1 is 1.21 bits per heavy atom. The van der Waals surface area contributed by atoms with Crippen molar-refractivity contribution < 1.29 is 22.7 Å². The van der Waals surface area contributed by atoms with Crippen LogP contribution in [0.25, 0.3) is 0 Å². The van der Waals surface area contributed by atoms with Crippen molar-refractivity contribution >= 4 is 33.0 Å². The molecular weight excluding hydrogens is 380 g/mol. The van der Waals surface area contributed by atoms with E-state index in [1.807, 2.05) is 26.0 Å². The second-order valence-electron chi connectivity index (χ2n) is 6.92. The predicted octanol–water partition coefficient (Wildman–Crippen LogP) is 2.83. The fourth-order valence-corrected chi connectivity index (χ4v) is 4.37. The van der Waals surface area contributed by atoms with Crippen molar-refractivity contribution in [3.05, 3.63) is 47.5 Å². The molecule has 2 amide bonds. The fraction of sp³-hybridized carbons (Fsp3) is 0.300. The highest BCUT2D eigenvalue weighted by molar-refractivity contribution is 7.92. The summed E-state index contributed by atoms with van der Waals surface area (Å²) in [5.74, 6) is -0.306. The predicted molar refractivity (Wildman–Crippen MR) is 106 cm³/mol. The molecule has 3 rings (SSSR count). The van der Waals surface area contributed by atoms with Gasteiger partial charge in [0.1, 0.15) is 5.75 Å². The molecule has 1 heterocycles. The van der Waals surface area contributed by atoms with Crippen LogP contribution in [0, 0.1) is 13.8 Å². The van der Waals surface area contributed by atoms with Crippen LogP contribution in [-0.2, 0) is 19.4 Å². The maximum absolute atomic E-state index is 12.9. The third kappa shape index (κ3) is 4.17. The van der Waals surface area contributed by atoms with Crippen LogP contribution >= 0.6 is 0 Å². The number of sulfone groups is 1. The second kappa shape index (κ2) is 7.63. The fourth-order valence-electron chi connectivity index (χ4n) is 3.00. The lowest BCUT2D eigenvalue weighted by atomic mass is 10.1. The zero-order valence-electron chi connectivity index (χ0n) is 15.9. The number of fused-ring (bicyclic) bond motifs is 1. The molecule has 28 heavy (non-hydrogen) atoms. The van der Waals surface area contributed by atoms with Crippen molar-refractivity contribution in [2.24, 2.45) is 0 Å². The number of ether oxygens (including phenoxy) is 1. The zero-order valence-corrected chi connectivity index (χ0v) is 16.7. The van der Waals surface area contributed by atoms with Crippen LogP contribution < -0.4 is 15.4 Å². The molecule has 1 atom stereocenters. The number of carbonyl (C=O) groups is 2. The van der Waals surface area contributed by atoms with Crippen LogP contribution in [0.5, 0.6) is 5.75 Å². The molecule has 0 fully saturated rings. The maximum Gasteiger partial charge on any atom is 0.262 e. The van der Waals surface area contributed by atoms with E-state index >= 15 is 0 Å². The first-order chi connectivity index (χ1) is 13.2. The molecule has 8 heteroatoms. The molecule has 2 aromatic rings. The van der Waals surface area contributed by atoms with E-state index in [9.17, 15) is 18.0 Å². The Balaban J connectivity index is 1.74. The molecule has 0 aromatic heterocycles. The third-order valence-corrected chi connectivity index (χ3v) is 6.71. The monoisotopic (exact) mass is 402 g/mol. The molecule has 1 unspecified atom stereocenters. The molecule has 1 aliphatic rings. The average Bonchev–Trinajstić information content (AvgIpc) is 2.63. The lowest BCUT2D eigenvalue weighted by Crippen LogP contribution is -2.27. The average molecular weight is 402 g/mol. The van der Waals surface area contributed by atoms with Gasteiger partial charge < -0.3 is 15.4 Å². The molecule has 0 saturated heterocycles. The van der Waals surface area contributed by atoms with E-state index in [1.165, 1.54) is 25.1 Å². The number of nitrogens with one attached hydrogen (secondary N) is 2. The lowest BCUT2D eigenvalue weighted by Gasteiger charge is -2.19. The summed E-state index contributed by atoms with van der Waals surface area (Å²) < 4.78 is 31.0. The van der Waals surface area contributed by atoms with Crippen molar-refractivity contribution in [2.75, 3.05) is 17.2 Å². The van der Waals surface area contributed by atoms with Gasteiger partial charge in [0.25, 0.3) is 5.91 Å². The van der Waals surface area contributed by atoms with Crippen molar-refractivity contribution in [1.82, 2.24) is 0 Å². The molecule has 0 bridgehead atoms. The van der Waals surface area contributed by atoms with Crippen LogP contribution in [0.3, 0.4) is 0 Å². The van der Waals surface area contributed by atoms with Gasteiger partial charge in [0.05, 0.1) is 15.8 Å². The van der Waals surface area contributed by atoms with Gasteiger partial charge in [-0.1, -0.05) is 17.7 Å². The molecular formula is C20H22N2O5S. The van der Waals surface area contributed by atoms with Gasteiger partial charge in [0, 0.05) is 12.1 Å². The molecule has 2 N–H and O–H groups in total. The standard InChI is InChI=1S/C20H22N2O5S/c1-12-4-6-16(13(2)8-12)21-19(23)9-14(3)28(25,26)15-5-7-18-17(10-15)22-20(24)11-27-18/h4-8,10,14H,9,11H2,1-3H3,(H,21,23)(H,22,24). The molecule has 148 valence electrons. The summed E-state index contributed by atoms with van der Waals surface area (Å²) in [7, 11) is -3.76. The number of hydrogen-bond acceptors (Lipinski definition) is 5. The molecule has 2 aromatic carbocycles. The van der Waals surface area contributed by atoms with Crippen LogP contribution in [0.15, 0.2) is 41.3 Å². The molecule has 0 aliphatic carbocycles. The molecule has 0 radical (unpaired) electrons. The Morgan fingerprint density at radius 2 is 1.96 bits per heavy atom. The number of carbonyl (C=O) groups excluding carboxylic acids is 2. The largest absolute Gasteiger partial charge is 0.482 e. The Morgan fingerprint density at radius 3 is 2.68 bits per heavy atom. The Labute approximate surface area is 164 Å². The first kappa shape index (κ1) is 19.9. The Bertz CT molecular complexity index is 1050. The summed E-state index contributed by atoms with van der Waals surface area (Å²) in [6.07, 6.45) is -0.185. The van der Waals surface area contributed by atoms with Gasteiger partial charge in [-0.25, -0.2) is 8.42 Å². The third-order valence-electron chi connectivity index (χ3n) is 4.57. The summed E-state index contributed by atoms with van der Waals surface area (Å²) in [5, 5.41) is 4.42. The van der Waals surface area contributed by atoms with Crippen molar-refractivity contribution in [2.45, 2.75) is 37.3 Å². The number of rotatable bonds is 5. The summed E-state index contributed by atoms with van der Waals surface area (Å²) in [6.45, 7) is 5.23. The van der Waals surface area contributed by atoms with E-state index in [1.54, 1.807) is 6.07 Å². The van der Waals surface area contributed by atoms with Crippen molar-refractivity contribution in [1.29, 1.82) is 0 Å². The second-order valence-corrected chi connectivity index (χ2v) is 9.29. The molecule has 7 nitrogen and oxygen atoms in total. The van der Waals surface area contributed by atoms with E-state index in [2.05, 4.69) is 10.6 Å². The number of amides is 2. The van der Waals surface area contributed by atoms with Gasteiger partial charge in [-0.15, -0.1) is 0 Å². The molecule has 1 aliphatic heterocycles. The number of hydrogen-bond donors (Lipinski definition) is 2. The minimum absolute atomic E-state index is 0.0314. The van der Waals surface area contributed by atoms with E-state index in [0.29, 0.717) is 17.1 Å². The van der Waals surface area contributed by atoms with Crippen LogP contribution in [-0.4, -0.2) is 32.1 Å². The van der Waals surface area contributed by atoms with E-state index in [0.717, 1.165) is 11.1 Å². The van der Waals surface area contributed by atoms with Crippen LogP contribution in [0.1, 0.15) is 24.5 Å². The highest BCUT2D eigenvalue weighted by Crippen LogP contribution is 2.31. The van der Waals surface area contributed by atoms with Gasteiger partial charge in [0.15, 0.2) is 16.4 Å². The first-order valence-corrected chi connectivity index (χ1v) is 10.4. The van der Waals surface area contributed by atoms with Crippen LogP contribution in [0.4, 0.5) is 11.4 Å². The normalized spacial score (nSPS) is 14.5. The zero-order chi connectivity index (χ0) is 20.5. The molecule has 0 spiro atoms. The number of aryl methyl sites for hydroxylation is 2. The van der Waals surface area contributed by atoms with E-state index in [4.69, 9.17) is 4.74 Å². The van der Waals surface area contributed by atoms with Gasteiger partial charge in [-0.05, 0) is 50.6 Å². The lowest BCUT2D eigenvalue weighted by molar-refractivity contribution is -0.118. The van der Waals surface area contributed by atoms with Gasteiger partial charge in [-0.2, -0.15) is 0 Å². The summed E-state index contributed by atoms with van der Waals surface area (Å²) in [5.41, 5.74) is 2.96. The highest BCUT2D eigenvalue weighted by Gasteiger charge is 2.28. The Kier molecular flexibility index (Phi) is 5.42. The minimum atomic E-state index is -3.76. The summed E-state index contributed by atoms with van der Waals surface area (Å²) in [4.78, 5) is 23.8. The Hall–Kier alpha value is -2.87. The summed E-state index contributed by atoms with van der Waals surface area (Å²) >= 11 is 0. The van der Waals surface area contributed by atoms with Gasteiger partial charge in [-0.3, -0.25) is 9.59 Å². The van der Waals surface area contributed by atoms with Crippen LogP contribution in [0.2, 0.25) is 0 Å². The maximum atomic E-state index is 12.9. The topological polar surface area (TPSA) is 102 Å². The number of anilines is 2. The SMILES string of the molecule is Cc1ccc(NC(=O)CC(C)S(=O)(=O)c2ccc3c(c2)NC(=O)CO3)c(C)c1. The van der Waals surface area contributed by atoms with E-state index in [-0.39, 0.29) is 29.7 Å². The minimum Gasteiger partial charge on any atom is -0.482 e. The van der Waals surface area contributed by atoms with Gasteiger partial charge >= 0.3 is 0 Å². The first-order valence-electron chi connectivity index (χ1n) is 8.84. The smallest absolute Gasteiger partial charge is 0.262 e. The highest BCUT2D eigenvalue weighted by atomic mass is 32.2. The summed E-state index contributed by atoms with van der Waals surface area (Å²) in [6, 6.07) is 9.91. The molecule has 0 saturated carbocycles. The van der Waals surface area contributed by atoms with Crippen molar-refractivity contribution in [3.63, 3.8) is 0 Å². The van der Waals surface area contributed by atoms with E-state index < -0.39 is 15.1 Å².